The SMILES string of the molecule is CCOc1ccccc1[C@@H]1[C@@H](C(=O)c2ccc(F)cc2)N2c3ccc(Cl)cc3C=C[C@@H]2C12C(=O)c1ccccc1C2=O. The maximum atomic E-state index is 14.8. The fourth-order valence-electron chi connectivity index (χ4n) is 7.10. The zero-order valence-electron chi connectivity index (χ0n) is 22.6. The van der Waals surface area contributed by atoms with Crippen molar-refractivity contribution in [1.29, 1.82) is 0 Å². The Balaban J connectivity index is 1.56. The molecule has 3 aliphatic rings. The van der Waals surface area contributed by atoms with Crippen LogP contribution in [0.25, 0.3) is 6.08 Å². The van der Waals surface area contributed by atoms with Crippen molar-refractivity contribution in [3.8, 4) is 5.75 Å². The molecule has 1 aliphatic carbocycles. The van der Waals surface area contributed by atoms with Crippen molar-refractivity contribution < 1.29 is 23.5 Å². The first-order valence-electron chi connectivity index (χ1n) is 13.8. The van der Waals surface area contributed by atoms with E-state index in [0.29, 0.717) is 39.8 Å². The number of benzene rings is 4. The first kappa shape index (κ1) is 26.4. The second kappa shape index (κ2) is 9.78. The molecule has 0 saturated carbocycles. The molecule has 42 heavy (non-hydrogen) atoms. The number of Topliss-reactive ketones (excluding diaryl/α,β-unsaturated/α-hetero) is 3. The summed E-state index contributed by atoms with van der Waals surface area (Å²) in [6.45, 7) is 2.21. The van der Waals surface area contributed by atoms with Gasteiger partial charge in [0.2, 0.25) is 0 Å². The maximum absolute atomic E-state index is 14.8. The Morgan fingerprint density at radius 3 is 2.29 bits per heavy atom. The summed E-state index contributed by atoms with van der Waals surface area (Å²) in [5, 5.41) is 0.519. The molecule has 0 bridgehead atoms. The molecule has 0 unspecified atom stereocenters. The van der Waals surface area contributed by atoms with Crippen LogP contribution in [-0.2, 0) is 0 Å². The van der Waals surface area contributed by atoms with Gasteiger partial charge in [-0.3, -0.25) is 14.4 Å². The van der Waals surface area contributed by atoms with Crippen molar-refractivity contribution in [1.82, 2.24) is 0 Å². The van der Waals surface area contributed by atoms with Gasteiger partial charge in [-0.2, -0.15) is 0 Å². The second-order valence-corrected chi connectivity index (χ2v) is 11.2. The van der Waals surface area contributed by atoms with E-state index in [1.165, 1.54) is 24.3 Å². The average Bonchev–Trinajstić information content (AvgIpc) is 3.43. The number of carbonyl (C=O) groups is 3. The lowest BCUT2D eigenvalue weighted by Crippen LogP contribution is -2.48. The molecular weight excluding hydrogens is 553 g/mol. The molecule has 208 valence electrons. The van der Waals surface area contributed by atoms with Crippen LogP contribution in [0.2, 0.25) is 5.02 Å². The van der Waals surface area contributed by atoms with Crippen LogP contribution in [0.5, 0.6) is 5.75 Å². The zero-order valence-corrected chi connectivity index (χ0v) is 23.3. The van der Waals surface area contributed by atoms with Gasteiger partial charge in [-0.05, 0) is 61.0 Å². The van der Waals surface area contributed by atoms with Crippen molar-refractivity contribution in [3.63, 3.8) is 0 Å². The first-order valence-corrected chi connectivity index (χ1v) is 14.2. The third kappa shape index (κ3) is 3.58. The lowest BCUT2D eigenvalue weighted by atomic mass is 9.64. The highest BCUT2D eigenvalue weighted by molar-refractivity contribution is 6.33. The molecule has 5 nitrogen and oxygen atoms in total. The van der Waals surface area contributed by atoms with Gasteiger partial charge in [0.15, 0.2) is 17.3 Å². The number of hydrogen-bond acceptors (Lipinski definition) is 5. The summed E-state index contributed by atoms with van der Waals surface area (Å²) < 4.78 is 20.0. The number of fused-ring (bicyclic) bond motifs is 5. The lowest BCUT2D eigenvalue weighted by molar-refractivity contribution is 0.0664. The van der Waals surface area contributed by atoms with Crippen molar-refractivity contribution in [2.24, 2.45) is 5.41 Å². The molecule has 0 amide bonds. The lowest BCUT2D eigenvalue weighted by Gasteiger charge is -2.37. The molecular formula is C35H25ClFNO4. The summed E-state index contributed by atoms with van der Waals surface area (Å²) in [5.41, 5.74) is 1.33. The normalized spacial score (nSPS) is 21.3. The number of ketones is 3. The summed E-state index contributed by atoms with van der Waals surface area (Å²) >= 11 is 6.36. The van der Waals surface area contributed by atoms with Crippen molar-refractivity contribution in [2.45, 2.75) is 24.9 Å². The number of rotatable bonds is 5. The Labute approximate surface area is 247 Å². The van der Waals surface area contributed by atoms with E-state index in [9.17, 15) is 18.8 Å². The third-order valence-electron chi connectivity index (χ3n) is 8.72. The van der Waals surface area contributed by atoms with Crippen LogP contribution in [0, 0.1) is 11.2 Å². The fraction of sp³-hybridized carbons (Fsp3) is 0.171. The van der Waals surface area contributed by atoms with E-state index in [-0.39, 0.29) is 22.9 Å². The van der Waals surface area contributed by atoms with Crippen LogP contribution in [0.3, 0.4) is 0 Å². The number of halogens is 2. The Hall–Kier alpha value is -4.55. The van der Waals surface area contributed by atoms with Crippen molar-refractivity contribution >= 4 is 40.7 Å². The van der Waals surface area contributed by atoms with Gasteiger partial charge in [0.25, 0.3) is 0 Å². The minimum Gasteiger partial charge on any atom is -0.494 e. The number of anilines is 1. The van der Waals surface area contributed by atoms with Crippen LogP contribution in [0.1, 0.15) is 55.0 Å². The molecule has 4 aromatic carbocycles. The fourth-order valence-corrected chi connectivity index (χ4v) is 7.28. The third-order valence-corrected chi connectivity index (χ3v) is 8.95. The quantitative estimate of drug-likeness (QED) is 0.185. The highest BCUT2D eigenvalue weighted by Gasteiger charge is 2.71. The summed E-state index contributed by atoms with van der Waals surface area (Å²) in [5.74, 6) is -1.89. The number of hydrogen-bond donors (Lipinski definition) is 0. The number of para-hydroxylation sites is 1. The van der Waals surface area contributed by atoms with Gasteiger partial charge in [0.05, 0.1) is 12.6 Å². The van der Waals surface area contributed by atoms with E-state index in [1.807, 2.05) is 48.2 Å². The largest absolute Gasteiger partial charge is 0.494 e. The Morgan fingerprint density at radius 2 is 1.60 bits per heavy atom. The van der Waals surface area contributed by atoms with Gasteiger partial charge in [-0.25, -0.2) is 4.39 Å². The van der Waals surface area contributed by atoms with E-state index < -0.39 is 29.2 Å². The van der Waals surface area contributed by atoms with Crippen LogP contribution < -0.4 is 9.64 Å². The van der Waals surface area contributed by atoms with Crippen molar-refractivity contribution in [2.75, 3.05) is 11.5 Å². The standard InChI is InChI=1S/C35H25ClFNO4/c1-2-42-28-10-6-5-9-26(28)30-31(32(39)20-11-15-23(37)16-12-20)38-27-17-14-22(36)19-21(27)13-18-29(38)35(30)33(40)24-7-3-4-8-25(24)34(35)41/h3-19,29-31H,2H2,1H3/t29-,30-,31+/m1/s1. The van der Waals surface area contributed by atoms with Crippen LogP contribution in [0.4, 0.5) is 10.1 Å². The Morgan fingerprint density at radius 1 is 0.929 bits per heavy atom. The molecule has 7 rings (SSSR count). The molecule has 1 saturated heterocycles. The predicted octanol–water partition coefficient (Wildman–Crippen LogP) is 7.19. The monoisotopic (exact) mass is 577 g/mol. The minimum absolute atomic E-state index is 0.275. The molecule has 0 radical (unpaired) electrons. The maximum Gasteiger partial charge on any atom is 0.185 e. The predicted molar refractivity (Wildman–Crippen MR) is 159 cm³/mol. The molecule has 7 heteroatoms. The van der Waals surface area contributed by atoms with Gasteiger partial charge >= 0.3 is 0 Å². The molecule has 0 aromatic heterocycles. The first-order chi connectivity index (χ1) is 20.4. The highest BCUT2D eigenvalue weighted by atomic mass is 35.5. The molecule has 3 atom stereocenters. The molecule has 1 spiro atoms. The van der Waals surface area contributed by atoms with Gasteiger partial charge in [0.1, 0.15) is 23.0 Å². The van der Waals surface area contributed by atoms with Crippen LogP contribution in [-0.4, -0.2) is 36.0 Å². The van der Waals surface area contributed by atoms with Crippen LogP contribution in [0.15, 0.2) is 97.1 Å². The van der Waals surface area contributed by atoms with E-state index in [4.69, 9.17) is 16.3 Å². The van der Waals surface area contributed by atoms with E-state index in [1.54, 1.807) is 42.5 Å². The number of carbonyl (C=O) groups excluding carboxylic acids is 3. The molecule has 2 heterocycles. The van der Waals surface area contributed by atoms with Gasteiger partial charge < -0.3 is 9.64 Å². The van der Waals surface area contributed by atoms with Crippen LogP contribution >= 0.6 is 11.6 Å². The van der Waals surface area contributed by atoms with Gasteiger partial charge in [-0.15, -0.1) is 0 Å². The number of ether oxygens (including phenoxy) is 1. The smallest absolute Gasteiger partial charge is 0.185 e. The van der Waals surface area contributed by atoms with E-state index >= 15 is 0 Å². The molecule has 0 N–H and O–H groups in total. The average molecular weight is 578 g/mol. The Bertz CT molecular complexity index is 1780. The molecule has 4 aromatic rings. The van der Waals surface area contributed by atoms with E-state index in [0.717, 1.165) is 5.56 Å². The zero-order chi connectivity index (χ0) is 29.2. The summed E-state index contributed by atoms with van der Waals surface area (Å²) in [6.07, 6.45) is 3.71. The van der Waals surface area contributed by atoms with Gasteiger partial charge in [0, 0.05) is 38.9 Å². The minimum atomic E-state index is -1.66. The molecule has 1 fully saturated rings. The summed E-state index contributed by atoms with van der Waals surface area (Å²) in [4.78, 5) is 46.1. The summed E-state index contributed by atoms with van der Waals surface area (Å²) in [6, 6.07) is 23.0. The molecule has 2 aliphatic heterocycles. The van der Waals surface area contributed by atoms with E-state index in [2.05, 4.69) is 0 Å². The van der Waals surface area contributed by atoms with Crippen molar-refractivity contribution in [3.05, 3.63) is 136 Å². The highest BCUT2D eigenvalue weighted by Crippen LogP contribution is 2.62. The summed E-state index contributed by atoms with van der Waals surface area (Å²) in [7, 11) is 0. The topological polar surface area (TPSA) is 63.7 Å². The Kier molecular flexibility index (Phi) is 6.13. The van der Waals surface area contributed by atoms with Gasteiger partial charge in [-0.1, -0.05) is 66.2 Å². The number of nitrogens with zero attached hydrogens (tertiary/aromatic N) is 1. The second-order valence-electron chi connectivity index (χ2n) is 10.8.